The van der Waals surface area contributed by atoms with Crippen molar-refractivity contribution in [3.05, 3.63) is 60.2 Å². The Hall–Kier alpha value is -3.58. The zero-order valence-electron chi connectivity index (χ0n) is 28.3. The predicted molar refractivity (Wildman–Crippen MR) is 177 cm³/mol. The first kappa shape index (κ1) is 37.9. The van der Waals surface area contributed by atoms with E-state index in [0.717, 1.165) is 0 Å². The Bertz CT molecular complexity index is 1380. The van der Waals surface area contributed by atoms with Crippen LogP contribution in [0.5, 0.6) is 0 Å². The molecule has 1 aliphatic rings. The summed E-state index contributed by atoms with van der Waals surface area (Å²) in [6, 6.07) is 3.97. The molecule has 2 aromatic rings. The van der Waals surface area contributed by atoms with E-state index in [1.807, 2.05) is 27.7 Å². The van der Waals surface area contributed by atoms with Crippen molar-refractivity contribution in [1.29, 1.82) is 0 Å². The number of nitrogens with two attached hydrogens (primary N) is 2. The van der Waals surface area contributed by atoms with Gasteiger partial charge in [-0.25, -0.2) is 0 Å². The molecular formula is C35H52N6O6. The first-order valence-electron chi connectivity index (χ1n) is 16.5. The van der Waals surface area contributed by atoms with E-state index in [1.165, 1.54) is 18.6 Å². The van der Waals surface area contributed by atoms with Crippen LogP contribution in [0.1, 0.15) is 84.5 Å². The van der Waals surface area contributed by atoms with Crippen molar-refractivity contribution >= 4 is 23.4 Å². The molecule has 1 aliphatic carbocycles. The number of nitrogens with one attached hydrogen (secondary N) is 2. The quantitative estimate of drug-likeness (QED) is 0.145. The van der Waals surface area contributed by atoms with E-state index in [0.29, 0.717) is 18.4 Å². The number of aromatic nitrogens is 2. The summed E-state index contributed by atoms with van der Waals surface area (Å²) in [6.07, 6.45) is 3.42. The van der Waals surface area contributed by atoms with Crippen LogP contribution in [-0.2, 0) is 25.6 Å². The molecular weight excluding hydrogens is 600 g/mol. The topological polar surface area (TPSA) is 211 Å². The minimum absolute atomic E-state index is 0.0723. The van der Waals surface area contributed by atoms with Gasteiger partial charge in [0.05, 0.1) is 36.3 Å². The van der Waals surface area contributed by atoms with E-state index < -0.39 is 77.0 Å². The number of pyridine rings is 2. The summed E-state index contributed by atoms with van der Waals surface area (Å²) in [5, 5.41) is 29.9. The molecule has 8 atom stereocenters. The van der Waals surface area contributed by atoms with Crippen molar-refractivity contribution in [2.75, 3.05) is 0 Å². The number of carbonyl (C=O) groups is 4. The Morgan fingerprint density at radius 2 is 1.72 bits per heavy atom. The molecule has 0 saturated heterocycles. The van der Waals surface area contributed by atoms with Gasteiger partial charge in [0, 0.05) is 36.5 Å². The summed E-state index contributed by atoms with van der Waals surface area (Å²) in [6.45, 7) is 11.1. The fourth-order valence-corrected chi connectivity index (χ4v) is 6.78. The molecule has 3 unspecified atom stereocenters. The van der Waals surface area contributed by atoms with Crippen molar-refractivity contribution in [3.8, 4) is 0 Å². The van der Waals surface area contributed by atoms with Crippen LogP contribution >= 0.6 is 0 Å². The number of carbonyl (C=O) groups excluding carboxylic acids is 4. The third kappa shape index (κ3) is 8.11. The van der Waals surface area contributed by atoms with Gasteiger partial charge in [0.2, 0.25) is 11.8 Å². The number of ketones is 2. The average molecular weight is 653 g/mol. The minimum Gasteiger partial charge on any atom is -0.391 e. The highest BCUT2D eigenvalue weighted by Gasteiger charge is 2.70. The molecule has 47 heavy (non-hydrogen) atoms. The molecule has 2 heterocycles. The van der Waals surface area contributed by atoms with Crippen LogP contribution in [0.15, 0.2) is 48.9 Å². The number of Topliss-reactive ketones (excluding diaryl/α,β-unsaturated/α-hetero) is 2. The summed E-state index contributed by atoms with van der Waals surface area (Å²) >= 11 is 0. The summed E-state index contributed by atoms with van der Waals surface area (Å²) < 4.78 is 0. The van der Waals surface area contributed by atoms with E-state index in [1.54, 1.807) is 44.2 Å². The molecule has 1 fully saturated rings. The summed E-state index contributed by atoms with van der Waals surface area (Å²) in [7, 11) is 0. The third-order valence-corrected chi connectivity index (χ3v) is 9.75. The standard InChI is InChI=1S/C35H52N6O6/c1-7-22(6)30(37)33(46)41-31(25-10-8-9-13-39-25)34(21(4)5,19-27(42)24(36)16-20(2)3)35(47)28(43)18-26(32(35)45)40-29(44)17-23-11-14-38-15-12-23/h8-15,20-22,24,26-27,30-31,42,47H,7,16-19,36-37H2,1-6H3,(H,40,44)(H,41,46)/t22-,24-,26?,27-,30-,31?,34-,35?/m0/s1. The second kappa shape index (κ2) is 16.0. The monoisotopic (exact) mass is 652 g/mol. The van der Waals surface area contributed by atoms with Gasteiger partial charge < -0.3 is 32.3 Å². The highest BCUT2D eigenvalue weighted by Crippen LogP contribution is 2.55. The largest absolute Gasteiger partial charge is 0.391 e. The smallest absolute Gasteiger partial charge is 0.237 e. The van der Waals surface area contributed by atoms with Crippen LogP contribution < -0.4 is 22.1 Å². The Balaban J connectivity index is 2.20. The van der Waals surface area contributed by atoms with Crippen LogP contribution in [0.25, 0.3) is 0 Å². The number of nitrogens with zero attached hydrogens (tertiary/aromatic N) is 2. The van der Waals surface area contributed by atoms with Gasteiger partial charge in [-0.2, -0.15) is 0 Å². The van der Waals surface area contributed by atoms with Crippen LogP contribution in [-0.4, -0.2) is 73.4 Å². The zero-order valence-corrected chi connectivity index (χ0v) is 28.3. The number of rotatable bonds is 16. The van der Waals surface area contributed by atoms with Crippen molar-refractivity contribution in [2.24, 2.45) is 34.6 Å². The van der Waals surface area contributed by atoms with Gasteiger partial charge in [0.15, 0.2) is 17.2 Å². The second-order valence-corrected chi connectivity index (χ2v) is 13.7. The molecule has 12 nitrogen and oxygen atoms in total. The molecule has 0 aliphatic heterocycles. The van der Waals surface area contributed by atoms with Gasteiger partial charge >= 0.3 is 0 Å². The maximum absolute atomic E-state index is 14.4. The highest BCUT2D eigenvalue weighted by molar-refractivity contribution is 6.20. The van der Waals surface area contributed by atoms with E-state index in [-0.39, 0.29) is 30.4 Å². The van der Waals surface area contributed by atoms with Gasteiger partial charge in [-0.3, -0.25) is 29.1 Å². The lowest BCUT2D eigenvalue weighted by Gasteiger charge is -2.52. The summed E-state index contributed by atoms with van der Waals surface area (Å²) in [5.74, 6) is -3.66. The van der Waals surface area contributed by atoms with E-state index in [9.17, 15) is 29.4 Å². The fraction of sp³-hybridized carbons (Fsp3) is 0.600. The first-order chi connectivity index (χ1) is 22.1. The predicted octanol–water partition coefficient (Wildman–Crippen LogP) is 1.77. The number of aliphatic hydroxyl groups excluding tert-OH is 1. The normalized spacial score (nSPS) is 22.8. The lowest BCUT2D eigenvalue weighted by molar-refractivity contribution is -0.178. The maximum Gasteiger partial charge on any atom is 0.237 e. The SMILES string of the molecule is CC[C@H](C)[C@H](N)C(=O)NC(c1ccccn1)[C@](C[C@H](O)[C@@H](N)CC(C)C)(C(C)C)C1(O)C(=O)CC(NC(=O)Cc2ccncc2)C1=O. The molecule has 258 valence electrons. The molecule has 12 heteroatoms. The van der Waals surface area contributed by atoms with Crippen molar-refractivity contribution in [3.63, 3.8) is 0 Å². The van der Waals surface area contributed by atoms with Gasteiger partial charge in [-0.05, 0) is 60.4 Å². The van der Waals surface area contributed by atoms with Gasteiger partial charge in [-0.1, -0.05) is 54.0 Å². The van der Waals surface area contributed by atoms with Gasteiger partial charge in [-0.15, -0.1) is 0 Å². The Kier molecular flexibility index (Phi) is 12.9. The number of aliphatic hydroxyl groups is 2. The molecule has 8 N–H and O–H groups in total. The van der Waals surface area contributed by atoms with E-state index in [4.69, 9.17) is 11.5 Å². The summed E-state index contributed by atoms with van der Waals surface area (Å²) in [5.41, 5.74) is 9.09. The Morgan fingerprint density at radius 1 is 1.06 bits per heavy atom. The molecule has 2 aromatic heterocycles. The molecule has 0 spiro atoms. The van der Waals surface area contributed by atoms with Crippen LogP contribution in [0.3, 0.4) is 0 Å². The van der Waals surface area contributed by atoms with Crippen LogP contribution in [0.4, 0.5) is 0 Å². The zero-order chi connectivity index (χ0) is 35.1. The molecule has 0 radical (unpaired) electrons. The van der Waals surface area contributed by atoms with Crippen molar-refractivity contribution < 1.29 is 29.4 Å². The van der Waals surface area contributed by atoms with Crippen LogP contribution in [0, 0.1) is 23.2 Å². The first-order valence-corrected chi connectivity index (χ1v) is 16.5. The maximum atomic E-state index is 14.4. The van der Waals surface area contributed by atoms with E-state index >= 15 is 0 Å². The number of hydrogen-bond acceptors (Lipinski definition) is 10. The highest BCUT2D eigenvalue weighted by atomic mass is 16.3. The van der Waals surface area contributed by atoms with Crippen LogP contribution in [0.2, 0.25) is 0 Å². The van der Waals surface area contributed by atoms with Gasteiger partial charge in [0.25, 0.3) is 0 Å². The minimum atomic E-state index is -2.76. The lowest BCUT2D eigenvalue weighted by Crippen LogP contribution is -2.67. The second-order valence-electron chi connectivity index (χ2n) is 13.7. The molecule has 0 aromatic carbocycles. The molecule has 0 bridgehead atoms. The van der Waals surface area contributed by atoms with Crippen molar-refractivity contribution in [1.82, 2.24) is 20.6 Å². The van der Waals surface area contributed by atoms with Crippen molar-refractivity contribution in [2.45, 2.75) is 110 Å². The lowest BCUT2D eigenvalue weighted by atomic mass is 9.55. The summed E-state index contributed by atoms with van der Waals surface area (Å²) in [4.78, 5) is 63.8. The average Bonchev–Trinajstić information content (AvgIpc) is 3.25. The number of amides is 2. The fourth-order valence-electron chi connectivity index (χ4n) is 6.78. The van der Waals surface area contributed by atoms with Gasteiger partial charge in [0.1, 0.15) is 0 Å². The molecule has 2 amide bonds. The third-order valence-electron chi connectivity index (χ3n) is 9.75. The van der Waals surface area contributed by atoms with E-state index in [2.05, 4.69) is 20.6 Å². The Labute approximate surface area is 277 Å². The number of hydrogen-bond donors (Lipinski definition) is 6. The Morgan fingerprint density at radius 3 is 2.28 bits per heavy atom. The molecule has 1 saturated carbocycles. The molecule has 3 rings (SSSR count).